The second-order valence-corrected chi connectivity index (χ2v) is 7.16. The van der Waals surface area contributed by atoms with Crippen molar-refractivity contribution in [3.8, 4) is 11.1 Å². The second-order valence-electron chi connectivity index (χ2n) is 6.75. The Hall–Kier alpha value is -2.96. The predicted molar refractivity (Wildman–Crippen MR) is 113 cm³/mol. The summed E-state index contributed by atoms with van der Waals surface area (Å²) in [5.41, 5.74) is 3.79. The number of amides is 1. The Labute approximate surface area is 174 Å². The SMILES string of the molecule is O=C(c1cnc(NCc2ccc(-c3cccnc3)cc2)c(Cl)c1)N1CCOCC1. The van der Waals surface area contributed by atoms with Gasteiger partial charge in [-0.3, -0.25) is 9.78 Å². The van der Waals surface area contributed by atoms with Crippen molar-refractivity contribution >= 4 is 23.3 Å². The van der Waals surface area contributed by atoms with Gasteiger partial charge < -0.3 is 15.0 Å². The van der Waals surface area contributed by atoms with Crippen LogP contribution in [0.15, 0.2) is 61.1 Å². The zero-order valence-electron chi connectivity index (χ0n) is 15.8. The number of ether oxygens (including phenoxy) is 1. The van der Waals surface area contributed by atoms with Crippen LogP contribution in [0.3, 0.4) is 0 Å². The van der Waals surface area contributed by atoms with Crippen LogP contribution in [0.1, 0.15) is 15.9 Å². The standard InChI is InChI=1S/C22H21ClN4O2/c23-20-12-19(22(28)27-8-10-29-11-9-27)15-26-21(20)25-13-16-3-5-17(6-4-16)18-2-1-7-24-14-18/h1-7,12,14-15H,8-11,13H2,(H,25,26). The Bertz CT molecular complexity index is 974. The topological polar surface area (TPSA) is 67.4 Å². The predicted octanol–water partition coefficient (Wildman–Crippen LogP) is 3.88. The number of morpholine rings is 1. The van der Waals surface area contributed by atoms with Gasteiger partial charge in [0.25, 0.3) is 5.91 Å². The summed E-state index contributed by atoms with van der Waals surface area (Å²) in [5.74, 6) is 0.488. The first kappa shape index (κ1) is 19.4. The highest BCUT2D eigenvalue weighted by Gasteiger charge is 2.19. The van der Waals surface area contributed by atoms with Crippen molar-refractivity contribution < 1.29 is 9.53 Å². The Morgan fingerprint density at radius 3 is 2.59 bits per heavy atom. The molecule has 0 aliphatic carbocycles. The third-order valence-electron chi connectivity index (χ3n) is 4.80. The summed E-state index contributed by atoms with van der Waals surface area (Å²) in [5, 5.41) is 3.66. The third kappa shape index (κ3) is 4.72. The molecule has 1 aliphatic rings. The molecule has 6 nitrogen and oxygen atoms in total. The maximum atomic E-state index is 12.5. The van der Waals surface area contributed by atoms with Crippen molar-refractivity contribution in [1.82, 2.24) is 14.9 Å². The van der Waals surface area contributed by atoms with E-state index in [1.54, 1.807) is 23.4 Å². The van der Waals surface area contributed by atoms with Gasteiger partial charge in [-0.15, -0.1) is 0 Å². The van der Waals surface area contributed by atoms with Crippen molar-refractivity contribution in [3.63, 3.8) is 0 Å². The number of rotatable bonds is 5. The summed E-state index contributed by atoms with van der Waals surface area (Å²) in [4.78, 5) is 22.8. The van der Waals surface area contributed by atoms with Crippen LogP contribution in [-0.2, 0) is 11.3 Å². The largest absolute Gasteiger partial charge is 0.378 e. The number of hydrogen-bond donors (Lipinski definition) is 1. The van der Waals surface area contributed by atoms with Crippen LogP contribution in [0, 0.1) is 0 Å². The van der Waals surface area contributed by atoms with E-state index < -0.39 is 0 Å². The Morgan fingerprint density at radius 1 is 1.10 bits per heavy atom. The normalized spacial score (nSPS) is 13.9. The highest BCUT2D eigenvalue weighted by atomic mass is 35.5. The van der Waals surface area contributed by atoms with Crippen molar-refractivity contribution in [3.05, 3.63) is 77.2 Å². The lowest BCUT2D eigenvalue weighted by atomic mass is 10.1. The number of aromatic nitrogens is 2. The molecule has 1 N–H and O–H groups in total. The van der Waals surface area contributed by atoms with Crippen LogP contribution in [-0.4, -0.2) is 47.1 Å². The lowest BCUT2D eigenvalue weighted by Crippen LogP contribution is -2.40. The second kappa shape index (κ2) is 9.03. The number of hydrogen-bond acceptors (Lipinski definition) is 5. The van der Waals surface area contributed by atoms with Gasteiger partial charge in [-0.25, -0.2) is 4.98 Å². The van der Waals surface area contributed by atoms with Gasteiger partial charge >= 0.3 is 0 Å². The number of nitrogens with one attached hydrogen (secondary N) is 1. The summed E-state index contributed by atoms with van der Waals surface area (Å²) in [6.45, 7) is 2.88. The third-order valence-corrected chi connectivity index (χ3v) is 5.08. The van der Waals surface area contributed by atoms with Crippen LogP contribution >= 0.6 is 11.6 Å². The maximum Gasteiger partial charge on any atom is 0.255 e. The number of carbonyl (C=O) groups excluding carboxylic acids is 1. The molecule has 1 fully saturated rings. The molecule has 1 aromatic carbocycles. The lowest BCUT2D eigenvalue weighted by Gasteiger charge is -2.26. The van der Waals surface area contributed by atoms with Crippen molar-refractivity contribution in [2.45, 2.75) is 6.54 Å². The quantitative estimate of drug-likeness (QED) is 0.693. The molecule has 2 aromatic heterocycles. The van der Waals surface area contributed by atoms with Crippen LogP contribution in [0.5, 0.6) is 0 Å². The molecule has 0 saturated carbocycles. The zero-order chi connectivity index (χ0) is 20.1. The van der Waals surface area contributed by atoms with Crippen LogP contribution in [0.2, 0.25) is 5.02 Å². The molecule has 7 heteroatoms. The fraction of sp³-hybridized carbons (Fsp3) is 0.227. The maximum absolute atomic E-state index is 12.5. The van der Waals surface area contributed by atoms with Crippen LogP contribution < -0.4 is 5.32 Å². The van der Waals surface area contributed by atoms with E-state index in [9.17, 15) is 4.79 Å². The molecule has 0 unspecified atom stereocenters. The van der Waals surface area contributed by atoms with E-state index in [4.69, 9.17) is 16.3 Å². The first-order chi connectivity index (χ1) is 14.2. The Kier molecular flexibility index (Phi) is 6.03. The first-order valence-electron chi connectivity index (χ1n) is 9.46. The number of pyridine rings is 2. The minimum absolute atomic E-state index is 0.0692. The molecule has 0 atom stereocenters. The average molecular weight is 409 g/mol. The Balaban J connectivity index is 1.39. The zero-order valence-corrected chi connectivity index (χ0v) is 16.6. The molecule has 1 amide bonds. The molecule has 3 aromatic rings. The number of nitrogens with zero attached hydrogens (tertiary/aromatic N) is 3. The summed E-state index contributed by atoms with van der Waals surface area (Å²) in [6, 6.07) is 13.9. The molecule has 0 spiro atoms. The molecular formula is C22H21ClN4O2. The van der Waals surface area contributed by atoms with Gasteiger partial charge in [-0.2, -0.15) is 0 Å². The summed E-state index contributed by atoms with van der Waals surface area (Å²) < 4.78 is 5.29. The van der Waals surface area contributed by atoms with E-state index in [2.05, 4.69) is 39.6 Å². The van der Waals surface area contributed by atoms with Gasteiger partial charge in [0.15, 0.2) is 0 Å². The minimum Gasteiger partial charge on any atom is -0.378 e. The van der Waals surface area contributed by atoms with Gasteiger partial charge in [0.2, 0.25) is 0 Å². The molecule has 3 heterocycles. The number of anilines is 1. The van der Waals surface area contributed by atoms with Gasteiger partial charge in [0, 0.05) is 38.2 Å². The van der Waals surface area contributed by atoms with Crippen molar-refractivity contribution in [1.29, 1.82) is 0 Å². The average Bonchev–Trinajstić information content (AvgIpc) is 2.79. The van der Waals surface area contributed by atoms with E-state index in [1.165, 1.54) is 0 Å². The fourth-order valence-electron chi connectivity index (χ4n) is 3.17. The molecular weight excluding hydrogens is 388 g/mol. The highest BCUT2D eigenvalue weighted by Crippen LogP contribution is 2.23. The van der Waals surface area contributed by atoms with E-state index >= 15 is 0 Å². The number of halogens is 1. The highest BCUT2D eigenvalue weighted by molar-refractivity contribution is 6.33. The first-order valence-corrected chi connectivity index (χ1v) is 9.84. The fourth-order valence-corrected chi connectivity index (χ4v) is 3.40. The summed E-state index contributed by atoms with van der Waals surface area (Å²) in [7, 11) is 0. The van der Waals surface area contributed by atoms with Crippen molar-refractivity contribution in [2.24, 2.45) is 0 Å². The molecule has 29 heavy (non-hydrogen) atoms. The van der Waals surface area contributed by atoms with E-state index in [0.29, 0.717) is 49.3 Å². The molecule has 4 rings (SSSR count). The number of benzene rings is 1. The lowest BCUT2D eigenvalue weighted by molar-refractivity contribution is 0.0302. The van der Waals surface area contributed by atoms with Gasteiger partial charge in [0.05, 0.1) is 23.8 Å². The molecule has 148 valence electrons. The van der Waals surface area contributed by atoms with E-state index in [1.807, 2.05) is 18.3 Å². The number of carbonyl (C=O) groups is 1. The Morgan fingerprint density at radius 2 is 1.90 bits per heavy atom. The van der Waals surface area contributed by atoms with E-state index in [-0.39, 0.29) is 5.91 Å². The van der Waals surface area contributed by atoms with Gasteiger partial charge in [0.1, 0.15) is 5.82 Å². The van der Waals surface area contributed by atoms with Crippen LogP contribution in [0.4, 0.5) is 5.82 Å². The minimum atomic E-state index is -0.0692. The smallest absolute Gasteiger partial charge is 0.255 e. The molecule has 0 bridgehead atoms. The molecule has 0 radical (unpaired) electrons. The van der Waals surface area contributed by atoms with Crippen molar-refractivity contribution in [2.75, 3.05) is 31.6 Å². The molecule has 1 aliphatic heterocycles. The van der Waals surface area contributed by atoms with E-state index in [0.717, 1.165) is 16.7 Å². The van der Waals surface area contributed by atoms with Gasteiger partial charge in [-0.1, -0.05) is 41.9 Å². The summed E-state index contributed by atoms with van der Waals surface area (Å²) >= 11 is 6.36. The van der Waals surface area contributed by atoms with Gasteiger partial charge in [-0.05, 0) is 28.8 Å². The van der Waals surface area contributed by atoms with Crippen LogP contribution in [0.25, 0.3) is 11.1 Å². The molecule has 1 saturated heterocycles. The summed E-state index contributed by atoms with van der Waals surface area (Å²) in [6.07, 6.45) is 5.17. The monoisotopic (exact) mass is 408 g/mol.